The van der Waals surface area contributed by atoms with Gasteiger partial charge in [-0.15, -0.1) is 0 Å². The fourth-order valence-electron chi connectivity index (χ4n) is 2.19. The number of likely N-dealkylation sites (tertiary alicyclic amines) is 1. The summed E-state index contributed by atoms with van der Waals surface area (Å²) in [5.41, 5.74) is 0.181. The van der Waals surface area contributed by atoms with E-state index in [1.54, 1.807) is 4.90 Å². The van der Waals surface area contributed by atoms with Crippen molar-refractivity contribution < 1.29 is 14.7 Å². The minimum absolute atomic E-state index is 0.0133. The van der Waals surface area contributed by atoms with E-state index in [1.807, 2.05) is 13.8 Å². The molecule has 1 aliphatic heterocycles. The number of hydrogen-bond acceptors (Lipinski definition) is 3. The van der Waals surface area contributed by atoms with Crippen LogP contribution in [0.15, 0.2) is 6.20 Å². The molecule has 2 rings (SSSR count). The molecule has 0 radical (unpaired) electrons. The summed E-state index contributed by atoms with van der Waals surface area (Å²) in [4.78, 5) is 25.2. The van der Waals surface area contributed by atoms with Gasteiger partial charge in [-0.3, -0.25) is 9.48 Å². The van der Waals surface area contributed by atoms with Crippen molar-refractivity contribution in [2.45, 2.75) is 32.7 Å². The van der Waals surface area contributed by atoms with Crippen LogP contribution in [0.4, 0.5) is 0 Å². The van der Waals surface area contributed by atoms with E-state index in [0.29, 0.717) is 13.1 Å². The fourth-order valence-corrected chi connectivity index (χ4v) is 2.19. The number of carbonyl (C=O) groups excluding carboxylic acids is 1. The van der Waals surface area contributed by atoms with Crippen LogP contribution in [0, 0.1) is 0 Å². The molecule has 1 aromatic rings. The van der Waals surface area contributed by atoms with Crippen LogP contribution < -0.4 is 0 Å². The van der Waals surface area contributed by atoms with E-state index < -0.39 is 5.97 Å². The normalized spacial score (nSPS) is 15.4. The van der Waals surface area contributed by atoms with E-state index >= 15 is 0 Å². The van der Waals surface area contributed by atoms with Crippen LogP contribution in [-0.4, -0.2) is 44.8 Å². The van der Waals surface area contributed by atoms with Gasteiger partial charge < -0.3 is 10.0 Å². The van der Waals surface area contributed by atoms with E-state index in [-0.39, 0.29) is 23.2 Å². The van der Waals surface area contributed by atoms with Crippen LogP contribution in [0.5, 0.6) is 0 Å². The lowest BCUT2D eigenvalue weighted by Gasteiger charge is -2.18. The molecule has 1 saturated heterocycles. The van der Waals surface area contributed by atoms with E-state index in [1.165, 1.54) is 10.9 Å². The lowest BCUT2D eigenvalue weighted by molar-refractivity contribution is 0.0678. The summed E-state index contributed by atoms with van der Waals surface area (Å²) in [6.45, 7) is 5.14. The minimum atomic E-state index is -1.11. The van der Waals surface area contributed by atoms with Gasteiger partial charge in [-0.2, -0.15) is 5.10 Å². The Balaban J connectivity index is 2.42. The number of carboxylic acid groups (broad SMARTS) is 1. The Labute approximate surface area is 105 Å². The Kier molecular flexibility index (Phi) is 3.36. The van der Waals surface area contributed by atoms with Crippen molar-refractivity contribution in [3.8, 4) is 0 Å². The van der Waals surface area contributed by atoms with Gasteiger partial charge in [0.15, 0.2) is 0 Å². The zero-order valence-corrected chi connectivity index (χ0v) is 10.6. The second-order valence-corrected chi connectivity index (χ2v) is 4.75. The first-order chi connectivity index (χ1) is 8.52. The lowest BCUT2D eigenvalue weighted by atomic mass is 10.2. The maximum absolute atomic E-state index is 12.4. The number of amides is 1. The average molecular weight is 251 g/mol. The largest absolute Gasteiger partial charge is 0.478 e. The van der Waals surface area contributed by atoms with Gasteiger partial charge in [0.25, 0.3) is 5.91 Å². The monoisotopic (exact) mass is 251 g/mol. The van der Waals surface area contributed by atoms with Gasteiger partial charge in [-0.25, -0.2) is 4.79 Å². The highest BCUT2D eigenvalue weighted by molar-refractivity contribution is 6.03. The van der Waals surface area contributed by atoms with E-state index in [4.69, 9.17) is 5.11 Å². The highest BCUT2D eigenvalue weighted by Gasteiger charge is 2.29. The lowest BCUT2D eigenvalue weighted by Crippen LogP contribution is -2.31. The summed E-state index contributed by atoms with van der Waals surface area (Å²) in [5, 5.41) is 13.1. The molecule has 6 nitrogen and oxygen atoms in total. The van der Waals surface area contributed by atoms with Gasteiger partial charge in [0.1, 0.15) is 11.3 Å². The van der Waals surface area contributed by atoms with Crippen LogP contribution in [0.25, 0.3) is 0 Å². The van der Waals surface area contributed by atoms with Crippen LogP contribution in [0.3, 0.4) is 0 Å². The predicted octanol–water partition coefficient (Wildman–Crippen LogP) is 1.40. The average Bonchev–Trinajstić information content (AvgIpc) is 2.97. The molecule has 1 aromatic heterocycles. The molecular formula is C12H17N3O3. The highest BCUT2D eigenvalue weighted by Crippen LogP contribution is 2.19. The Morgan fingerprint density at radius 1 is 1.33 bits per heavy atom. The third kappa shape index (κ3) is 2.10. The molecule has 98 valence electrons. The van der Waals surface area contributed by atoms with Gasteiger partial charge in [0.05, 0.1) is 6.20 Å². The van der Waals surface area contributed by atoms with Gasteiger partial charge in [-0.1, -0.05) is 0 Å². The van der Waals surface area contributed by atoms with Crippen molar-refractivity contribution in [2.24, 2.45) is 0 Å². The molecule has 1 fully saturated rings. The molecule has 0 saturated carbocycles. The summed E-state index contributed by atoms with van der Waals surface area (Å²) in [6.07, 6.45) is 3.21. The fraction of sp³-hybridized carbons (Fsp3) is 0.583. The molecule has 1 N–H and O–H groups in total. The van der Waals surface area contributed by atoms with Gasteiger partial charge in [0.2, 0.25) is 0 Å². The molecule has 1 aliphatic rings. The van der Waals surface area contributed by atoms with E-state index in [0.717, 1.165) is 12.8 Å². The molecule has 0 aromatic carbocycles. The van der Waals surface area contributed by atoms with E-state index in [2.05, 4.69) is 5.10 Å². The topological polar surface area (TPSA) is 75.4 Å². The summed E-state index contributed by atoms with van der Waals surface area (Å²) in [5.74, 6) is -1.33. The minimum Gasteiger partial charge on any atom is -0.478 e. The second-order valence-electron chi connectivity index (χ2n) is 4.75. The Morgan fingerprint density at radius 3 is 2.44 bits per heavy atom. The molecule has 18 heavy (non-hydrogen) atoms. The number of carboxylic acids is 1. The second kappa shape index (κ2) is 4.80. The summed E-state index contributed by atoms with van der Waals surface area (Å²) >= 11 is 0. The number of aromatic carboxylic acids is 1. The van der Waals surface area contributed by atoms with Crippen LogP contribution in [-0.2, 0) is 0 Å². The number of rotatable bonds is 3. The molecule has 0 spiro atoms. The highest BCUT2D eigenvalue weighted by atomic mass is 16.4. The quantitative estimate of drug-likeness (QED) is 0.881. The van der Waals surface area contributed by atoms with Crippen molar-refractivity contribution in [1.82, 2.24) is 14.7 Å². The smallest absolute Gasteiger partial charge is 0.339 e. The molecule has 2 heterocycles. The van der Waals surface area contributed by atoms with Gasteiger partial charge >= 0.3 is 5.97 Å². The first-order valence-corrected chi connectivity index (χ1v) is 6.12. The SMILES string of the molecule is CC(C)n1ncc(C(=O)O)c1C(=O)N1CCCC1. The van der Waals surface area contributed by atoms with Crippen molar-refractivity contribution >= 4 is 11.9 Å². The van der Waals surface area contributed by atoms with Crippen molar-refractivity contribution in [1.29, 1.82) is 0 Å². The van der Waals surface area contributed by atoms with Crippen molar-refractivity contribution in [3.63, 3.8) is 0 Å². The number of hydrogen-bond donors (Lipinski definition) is 1. The summed E-state index contributed by atoms with van der Waals surface area (Å²) in [6, 6.07) is -0.0420. The molecule has 1 amide bonds. The van der Waals surface area contributed by atoms with Gasteiger partial charge in [0, 0.05) is 19.1 Å². The number of aromatic nitrogens is 2. The molecular weight excluding hydrogens is 234 g/mol. The zero-order chi connectivity index (χ0) is 13.3. The van der Waals surface area contributed by atoms with Crippen LogP contribution >= 0.6 is 0 Å². The number of nitrogens with zero attached hydrogens (tertiary/aromatic N) is 3. The van der Waals surface area contributed by atoms with Crippen molar-refractivity contribution in [2.75, 3.05) is 13.1 Å². The third-order valence-corrected chi connectivity index (χ3v) is 3.11. The molecule has 6 heteroatoms. The van der Waals surface area contributed by atoms with Crippen LogP contribution in [0.1, 0.15) is 53.6 Å². The summed E-state index contributed by atoms with van der Waals surface area (Å²) in [7, 11) is 0. The van der Waals surface area contributed by atoms with E-state index in [9.17, 15) is 9.59 Å². The first-order valence-electron chi connectivity index (χ1n) is 6.12. The maximum atomic E-state index is 12.4. The molecule has 0 unspecified atom stereocenters. The Bertz CT molecular complexity index is 473. The molecule has 0 atom stereocenters. The maximum Gasteiger partial charge on any atom is 0.339 e. The number of carbonyl (C=O) groups is 2. The third-order valence-electron chi connectivity index (χ3n) is 3.11. The standard InChI is InChI=1S/C12H17N3O3/c1-8(2)15-10(9(7-13-15)12(17)18)11(16)14-5-3-4-6-14/h7-8H,3-6H2,1-2H3,(H,17,18). The first kappa shape index (κ1) is 12.6. The van der Waals surface area contributed by atoms with Crippen molar-refractivity contribution in [3.05, 3.63) is 17.5 Å². The van der Waals surface area contributed by atoms with Gasteiger partial charge in [-0.05, 0) is 26.7 Å². The molecule has 0 aliphatic carbocycles. The zero-order valence-electron chi connectivity index (χ0n) is 10.6. The Hall–Kier alpha value is -1.85. The predicted molar refractivity (Wildman–Crippen MR) is 64.7 cm³/mol. The van der Waals surface area contributed by atoms with Crippen LogP contribution in [0.2, 0.25) is 0 Å². The summed E-state index contributed by atoms with van der Waals surface area (Å²) < 4.78 is 1.49. The Morgan fingerprint density at radius 2 is 1.94 bits per heavy atom. The molecule has 0 bridgehead atoms.